The molecule has 0 atom stereocenters. The first-order chi connectivity index (χ1) is 8.54. The Bertz CT molecular complexity index is 528. The van der Waals surface area contributed by atoms with E-state index in [1.807, 2.05) is 19.1 Å². The van der Waals surface area contributed by atoms with Gasteiger partial charge < -0.3 is 5.73 Å². The zero-order valence-corrected chi connectivity index (χ0v) is 11.3. The van der Waals surface area contributed by atoms with Crippen LogP contribution < -0.4 is 14.8 Å². The number of aryl methyl sites for hydroxylation is 1. The van der Waals surface area contributed by atoms with Gasteiger partial charge in [-0.25, -0.2) is 0 Å². The second-order valence-electron chi connectivity index (χ2n) is 4.46. The van der Waals surface area contributed by atoms with Gasteiger partial charge >= 0.3 is 10.2 Å². The Kier molecular flexibility index (Phi) is 3.77. The number of nitrogens with one attached hydrogen (secondary N) is 1. The van der Waals surface area contributed by atoms with Gasteiger partial charge in [0, 0.05) is 18.8 Å². The lowest BCUT2D eigenvalue weighted by molar-refractivity contribution is 0.571. The van der Waals surface area contributed by atoms with E-state index in [-0.39, 0.29) is 0 Å². The van der Waals surface area contributed by atoms with Crippen molar-refractivity contribution in [2.75, 3.05) is 23.1 Å². The van der Waals surface area contributed by atoms with Crippen molar-refractivity contribution in [3.63, 3.8) is 0 Å². The fourth-order valence-electron chi connectivity index (χ4n) is 2.12. The Balaban J connectivity index is 2.35. The maximum Gasteiger partial charge on any atom is 0.301 e. The molecule has 1 aliphatic heterocycles. The molecule has 1 aromatic rings. The number of hydrogen-bond donors (Lipinski definition) is 2. The van der Waals surface area contributed by atoms with Crippen molar-refractivity contribution in [3.8, 4) is 0 Å². The second-order valence-corrected chi connectivity index (χ2v) is 6.14. The van der Waals surface area contributed by atoms with Crippen LogP contribution in [-0.2, 0) is 16.6 Å². The second kappa shape index (κ2) is 5.16. The zero-order chi connectivity index (χ0) is 13.2. The van der Waals surface area contributed by atoms with E-state index < -0.39 is 10.2 Å². The Morgan fingerprint density at radius 3 is 2.94 bits per heavy atom. The van der Waals surface area contributed by atoms with Crippen LogP contribution in [0, 0.1) is 0 Å². The summed E-state index contributed by atoms with van der Waals surface area (Å²) >= 11 is 0. The molecule has 0 saturated carbocycles. The molecule has 2 rings (SSSR count). The maximum absolute atomic E-state index is 12.2. The molecule has 0 aliphatic carbocycles. The quantitative estimate of drug-likeness (QED) is 0.808. The van der Waals surface area contributed by atoms with E-state index in [1.54, 1.807) is 6.07 Å². The monoisotopic (exact) mass is 269 g/mol. The standard InChI is InChI=1S/C12H19N3O2S/c1-2-7-14-18(16,17)15-8-3-4-10-5-6-11(13)9-12(10)15/h5-6,9,14H,2-4,7-8,13H2,1H3. The molecule has 0 radical (unpaired) electrons. The summed E-state index contributed by atoms with van der Waals surface area (Å²) in [5.74, 6) is 0. The molecule has 0 amide bonds. The average molecular weight is 269 g/mol. The number of nitrogen functional groups attached to an aromatic ring is 1. The molecule has 6 heteroatoms. The fourth-order valence-corrected chi connectivity index (χ4v) is 3.53. The Hall–Kier alpha value is -1.27. The smallest absolute Gasteiger partial charge is 0.301 e. The van der Waals surface area contributed by atoms with E-state index in [0.29, 0.717) is 24.5 Å². The van der Waals surface area contributed by atoms with Gasteiger partial charge in [0.05, 0.1) is 5.69 Å². The third-order valence-electron chi connectivity index (χ3n) is 3.01. The zero-order valence-electron chi connectivity index (χ0n) is 10.5. The summed E-state index contributed by atoms with van der Waals surface area (Å²) in [5.41, 5.74) is 8.09. The van der Waals surface area contributed by atoms with Gasteiger partial charge in [-0.1, -0.05) is 13.0 Å². The van der Waals surface area contributed by atoms with Gasteiger partial charge in [0.1, 0.15) is 0 Å². The van der Waals surface area contributed by atoms with Crippen LogP contribution in [0.15, 0.2) is 18.2 Å². The fraction of sp³-hybridized carbons (Fsp3) is 0.500. The highest BCUT2D eigenvalue weighted by molar-refractivity contribution is 7.90. The summed E-state index contributed by atoms with van der Waals surface area (Å²) in [5, 5.41) is 0. The summed E-state index contributed by atoms with van der Waals surface area (Å²) in [4.78, 5) is 0. The van der Waals surface area contributed by atoms with Crippen LogP contribution in [0.2, 0.25) is 0 Å². The molecule has 5 nitrogen and oxygen atoms in total. The number of rotatable bonds is 4. The molecular formula is C12H19N3O2S. The minimum Gasteiger partial charge on any atom is -0.399 e. The topological polar surface area (TPSA) is 75.4 Å². The van der Waals surface area contributed by atoms with Gasteiger partial charge in [0.25, 0.3) is 0 Å². The first-order valence-electron chi connectivity index (χ1n) is 6.20. The van der Waals surface area contributed by atoms with Crippen LogP contribution in [0.4, 0.5) is 11.4 Å². The lowest BCUT2D eigenvalue weighted by Crippen LogP contribution is -2.43. The Labute approximate surface area is 108 Å². The largest absolute Gasteiger partial charge is 0.399 e. The van der Waals surface area contributed by atoms with Gasteiger partial charge in [0.15, 0.2) is 0 Å². The lowest BCUT2D eigenvalue weighted by Gasteiger charge is -2.30. The number of benzene rings is 1. The van der Waals surface area contributed by atoms with Crippen molar-refractivity contribution in [1.29, 1.82) is 0 Å². The average Bonchev–Trinajstić information content (AvgIpc) is 2.35. The predicted octanol–water partition coefficient (Wildman–Crippen LogP) is 1.27. The molecule has 0 bridgehead atoms. The molecular weight excluding hydrogens is 250 g/mol. The first-order valence-corrected chi connectivity index (χ1v) is 7.64. The molecule has 1 aliphatic rings. The van der Waals surface area contributed by atoms with Gasteiger partial charge in [-0.2, -0.15) is 13.1 Å². The number of hydrogen-bond acceptors (Lipinski definition) is 3. The molecule has 0 saturated heterocycles. The van der Waals surface area contributed by atoms with Crippen molar-refractivity contribution in [2.45, 2.75) is 26.2 Å². The summed E-state index contributed by atoms with van der Waals surface area (Å²) in [6.07, 6.45) is 2.51. The van der Waals surface area contributed by atoms with Gasteiger partial charge in [-0.05, 0) is 37.0 Å². The van der Waals surface area contributed by atoms with Crippen molar-refractivity contribution in [1.82, 2.24) is 4.72 Å². The molecule has 0 fully saturated rings. The number of nitrogens with two attached hydrogens (primary N) is 1. The Morgan fingerprint density at radius 2 is 2.22 bits per heavy atom. The van der Waals surface area contributed by atoms with Crippen LogP contribution in [-0.4, -0.2) is 21.5 Å². The molecule has 1 aromatic carbocycles. The highest BCUT2D eigenvalue weighted by Gasteiger charge is 2.26. The molecule has 1 heterocycles. The van der Waals surface area contributed by atoms with Crippen LogP contribution in [0.1, 0.15) is 25.3 Å². The summed E-state index contributed by atoms with van der Waals surface area (Å²) < 4.78 is 28.4. The van der Waals surface area contributed by atoms with E-state index >= 15 is 0 Å². The molecule has 3 N–H and O–H groups in total. The van der Waals surface area contributed by atoms with Crippen LogP contribution in [0.25, 0.3) is 0 Å². The van der Waals surface area contributed by atoms with Crippen LogP contribution in [0.5, 0.6) is 0 Å². The Morgan fingerprint density at radius 1 is 1.44 bits per heavy atom. The van der Waals surface area contributed by atoms with Gasteiger partial charge in [0.2, 0.25) is 0 Å². The van der Waals surface area contributed by atoms with Crippen LogP contribution >= 0.6 is 0 Å². The third-order valence-corrected chi connectivity index (χ3v) is 4.54. The molecule has 0 unspecified atom stereocenters. The summed E-state index contributed by atoms with van der Waals surface area (Å²) in [7, 11) is -3.45. The lowest BCUT2D eigenvalue weighted by atomic mass is 10.0. The van der Waals surface area contributed by atoms with Crippen molar-refractivity contribution in [3.05, 3.63) is 23.8 Å². The highest BCUT2D eigenvalue weighted by Crippen LogP contribution is 2.30. The normalized spacial score (nSPS) is 15.5. The summed E-state index contributed by atoms with van der Waals surface area (Å²) in [6, 6.07) is 5.46. The summed E-state index contributed by atoms with van der Waals surface area (Å²) in [6.45, 7) is 2.90. The minimum absolute atomic E-state index is 0.455. The third kappa shape index (κ3) is 2.59. The van der Waals surface area contributed by atoms with Crippen molar-refractivity contribution in [2.24, 2.45) is 0 Å². The van der Waals surface area contributed by atoms with Gasteiger partial charge in [-0.15, -0.1) is 0 Å². The molecule has 0 aromatic heterocycles. The van der Waals surface area contributed by atoms with E-state index in [9.17, 15) is 8.42 Å². The number of anilines is 2. The number of fused-ring (bicyclic) bond motifs is 1. The van der Waals surface area contributed by atoms with Crippen molar-refractivity contribution < 1.29 is 8.42 Å². The van der Waals surface area contributed by atoms with Crippen molar-refractivity contribution >= 4 is 21.6 Å². The predicted molar refractivity (Wildman–Crippen MR) is 73.7 cm³/mol. The minimum atomic E-state index is -3.45. The van der Waals surface area contributed by atoms with E-state index in [1.165, 1.54) is 4.31 Å². The highest BCUT2D eigenvalue weighted by atomic mass is 32.2. The van der Waals surface area contributed by atoms with Gasteiger partial charge in [-0.3, -0.25) is 4.31 Å². The molecule has 0 spiro atoms. The number of nitrogens with zero attached hydrogens (tertiary/aromatic N) is 1. The molecule has 18 heavy (non-hydrogen) atoms. The van der Waals surface area contributed by atoms with E-state index in [2.05, 4.69) is 4.72 Å². The SMILES string of the molecule is CCCNS(=O)(=O)N1CCCc2ccc(N)cc21. The van der Waals surface area contributed by atoms with E-state index in [4.69, 9.17) is 5.73 Å². The van der Waals surface area contributed by atoms with E-state index in [0.717, 1.165) is 24.8 Å². The molecule has 100 valence electrons. The van der Waals surface area contributed by atoms with Crippen LogP contribution in [0.3, 0.4) is 0 Å². The maximum atomic E-state index is 12.2. The first kappa shape index (κ1) is 13.2.